The molecular formula is C55H78N2O10. The van der Waals surface area contributed by atoms with Crippen LogP contribution < -0.4 is 0 Å². The first-order valence-electron chi connectivity index (χ1n) is 26.5. The van der Waals surface area contributed by atoms with Crippen LogP contribution in [-0.4, -0.2) is 113 Å². The summed E-state index contributed by atoms with van der Waals surface area (Å²) in [6.07, 6.45) is 10.7. The number of hydrogen-bond acceptors (Lipinski definition) is 12. The van der Waals surface area contributed by atoms with E-state index < -0.39 is 63.9 Å². The molecule has 8 aliphatic carbocycles. The molecule has 13 rings (SSSR count). The van der Waals surface area contributed by atoms with Crippen LogP contribution in [0, 0.1) is 80.8 Å². The highest BCUT2D eigenvalue weighted by Gasteiger charge is 2.79. The quantitative estimate of drug-likeness (QED) is 0.204. The standard InChI is InChI=1S/C55H78N2O10/c1-26-20-53(66-47(26,4)5)27(2)46-41(64-53)16-36-32-13-11-30-15-38-40(22-50(30,8)34(32)18-43(61)52(36,46)25-59)57-37-14-29-10-12-31-33(49(29,7)21-39(37)56-38)17-42(60)51(9)35(31)19-45-54(51,63)28(3)55(65-45)44(62)23-48(6,24-58)67-55/h16,19,26-34,41-46,58-63H,10-15,17-18,20-25H2,1-9H3/t26?,27-,28-,29?,30?,31?,32?,33?,34?,41-,42+,43+,44+,45-,46-,48-,49-,50-,51+,52+,53-,54+,55-/m0/s1. The first kappa shape index (κ1) is 45.1. The van der Waals surface area contributed by atoms with Gasteiger partial charge in [0.25, 0.3) is 0 Å². The molecule has 0 bridgehead atoms. The van der Waals surface area contributed by atoms with Crippen LogP contribution in [0.2, 0.25) is 0 Å². The first-order chi connectivity index (χ1) is 31.5. The first-order valence-corrected chi connectivity index (χ1v) is 26.5. The third-order valence-electron chi connectivity index (χ3n) is 23.9. The average molecular weight is 927 g/mol. The minimum absolute atomic E-state index is 0.0282. The smallest absolute Gasteiger partial charge is 0.201 e. The van der Waals surface area contributed by atoms with Gasteiger partial charge >= 0.3 is 0 Å². The van der Waals surface area contributed by atoms with Crippen molar-refractivity contribution in [2.45, 2.75) is 198 Å². The Morgan fingerprint density at radius 2 is 1.27 bits per heavy atom. The molecule has 4 saturated heterocycles. The number of aromatic nitrogens is 2. The number of fused-ring (bicyclic) bond motifs is 16. The van der Waals surface area contributed by atoms with Crippen molar-refractivity contribution >= 4 is 0 Å². The number of hydrogen-bond donors (Lipinski definition) is 6. The summed E-state index contributed by atoms with van der Waals surface area (Å²) in [4.78, 5) is 11.2. The molecule has 4 saturated carbocycles. The normalized spacial score (nSPS) is 58.2. The van der Waals surface area contributed by atoms with E-state index in [1.165, 1.54) is 5.57 Å². The van der Waals surface area contributed by atoms with Gasteiger partial charge in [0.1, 0.15) is 17.8 Å². The fourth-order valence-corrected chi connectivity index (χ4v) is 19.7. The van der Waals surface area contributed by atoms with Crippen molar-refractivity contribution in [2.24, 2.45) is 80.8 Å². The maximum Gasteiger partial charge on any atom is 0.201 e. The highest BCUT2D eigenvalue weighted by molar-refractivity contribution is 5.44. The van der Waals surface area contributed by atoms with E-state index in [1.54, 1.807) is 6.92 Å². The molecule has 12 heteroatoms. The lowest BCUT2D eigenvalue weighted by atomic mass is 9.44. The highest BCUT2D eigenvalue weighted by Crippen LogP contribution is 2.73. The molecule has 23 atom stereocenters. The Morgan fingerprint density at radius 3 is 1.82 bits per heavy atom. The van der Waals surface area contributed by atoms with E-state index in [2.05, 4.69) is 53.7 Å². The minimum Gasteiger partial charge on any atom is -0.395 e. The molecule has 0 radical (unpaired) electrons. The van der Waals surface area contributed by atoms with Crippen LogP contribution in [0.4, 0.5) is 0 Å². The zero-order valence-electron chi connectivity index (χ0n) is 41.4. The van der Waals surface area contributed by atoms with E-state index in [4.69, 9.17) is 28.9 Å². The fraction of sp³-hybridized carbons (Fsp3) is 0.855. The van der Waals surface area contributed by atoms with Crippen molar-refractivity contribution in [2.75, 3.05) is 13.2 Å². The predicted octanol–water partition coefficient (Wildman–Crippen LogP) is 5.54. The Balaban J connectivity index is 0.771. The lowest BCUT2D eigenvalue weighted by Gasteiger charge is -2.61. The second-order valence-corrected chi connectivity index (χ2v) is 26.7. The third-order valence-corrected chi connectivity index (χ3v) is 23.9. The van der Waals surface area contributed by atoms with Crippen molar-refractivity contribution in [1.82, 2.24) is 9.97 Å². The van der Waals surface area contributed by atoms with Gasteiger partial charge in [-0.3, -0.25) is 9.97 Å². The highest BCUT2D eigenvalue weighted by atomic mass is 16.7. The molecule has 0 aromatic carbocycles. The van der Waals surface area contributed by atoms with Crippen molar-refractivity contribution < 1.29 is 49.6 Å². The van der Waals surface area contributed by atoms with Gasteiger partial charge in [0, 0.05) is 41.4 Å². The van der Waals surface area contributed by atoms with Crippen molar-refractivity contribution in [3.8, 4) is 0 Å². The van der Waals surface area contributed by atoms with Crippen molar-refractivity contribution in [1.29, 1.82) is 0 Å². The number of rotatable bonds is 2. The molecule has 8 fully saturated rings. The summed E-state index contributed by atoms with van der Waals surface area (Å²) < 4.78 is 26.8. The topological polar surface area (TPSA) is 184 Å². The van der Waals surface area contributed by atoms with E-state index in [-0.39, 0.29) is 77.7 Å². The molecule has 7 unspecified atom stereocenters. The van der Waals surface area contributed by atoms with Crippen LogP contribution in [0.3, 0.4) is 0 Å². The average Bonchev–Trinajstić information content (AvgIpc) is 4.01. The Morgan fingerprint density at radius 1 is 0.672 bits per heavy atom. The summed E-state index contributed by atoms with van der Waals surface area (Å²) in [5.74, 6) is -0.753. The van der Waals surface area contributed by atoms with Gasteiger partial charge in [-0.15, -0.1) is 0 Å². The van der Waals surface area contributed by atoms with Crippen LogP contribution in [0.25, 0.3) is 0 Å². The predicted molar refractivity (Wildman–Crippen MR) is 246 cm³/mol. The molecule has 67 heavy (non-hydrogen) atoms. The number of nitrogens with zero attached hydrogens (tertiary/aromatic N) is 2. The zero-order chi connectivity index (χ0) is 47.2. The van der Waals surface area contributed by atoms with Gasteiger partial charge < -0.3 is 49.6 Å². The second kappa shape index (κ2) is 13.6. The molecule has 12 aliphatic rings. The monoisotopic (exact) mass is 927 g/mol. The minimum atomic E-state index is -1.49. The third kappa shape index (κ3) is 5.16. The van der Waals surface area contributed by atoms with Crippen LogP contribution in [0.15, 0.2) is 23.3 Å². The van der Waals surface area contributed by atoms with Gasteiger partial charge in [0.15, 0.2) is 5.79 Å². The Labute approximate surface area is 396 Å². The van der Waals surface area contributed by atoms with Crippen LogP contribution in [-0.2, 0) is 44.6 Å². The summed E-state index contributed by atoms with van der Waals surface area (Å²) in [7, 11) is 0. The summed E-state index contributed by atoms with van der Waals surface area (Å²) in [6, 6.07) is 0. The van der Waals surface area contributed by atoms with Gasteiger partial charge in [-0.25, -0.2) is 0 Å². The Hall–Kier alpha value is -1.84. The lowest BCUT2D eigenvalue weighted by Crippen LogP contribution is -2.65. The second-order valence-electron chi connectivity index (χ2n) is 26.7. The van der Waals surface area contributed by atoms with Crippen molar-refractivity contribution in [3.05, 3.63) is 46.1 Å². The number of ether oxygens (including phenoxy) is 4. The largest absolute Gasteiger partial charge is 0.395 e. The SMILES string of the molecule is CC1C[C@]2(O[C@H]3C=C4C5CCC6Cc7nc8c(nc7C[C@]6(C)C5C[C@@H](O)[C@]4(CO)[C@H]3[C@@H]2C)CC2CCC3C4=C[C@@H]5O[C@]6(O[C@](C)(CO)C[C@H]6O)[C@@H](C)[C@]5(O)[C@@]4(C)[C@H](O)CC3[C@@]2(C)C8)OC1(C)C. The molecule has 12 nitrogen and oxygen atoms in total. The van der Waals surface area contributed by atoms with Gasteiger partial charge in [0.2, 0.25) is 5.79 Å². The maximum atomic E-state index is 12.9. The molecule has 1 aromatic rings. The summed E-state index contributed by atoms with van der Waals surface area (Å²) >= 11 is 0. The molecule has 0 amide bonds. The van der Waals surface area contributed by atoms with Crippen molar-refractivity contribution in [3.63, 3.8) is 0 Å². The van der Waals surface area contributed by atoms with E-state index in [0.717, 1.165) is 86.1 Å². The maximum absolute atomic E-state index is 12.9. The molecule has 5 heterocycles. The Kier molecular flexibility index (Phi) is 9.15. The molecule has 2 spiro atoms. The summed E-state index contributed by atoms with van der Waals surface area (Å²) in [5, 5.41) is 71.0. The van der Waals surface area contributed by atoms with E-state index in [9.17, 15) is 30.6 Å². The van der Waals surface area contributed by atoms with E-state index >= 15 is 0 Å². The molecule has 1 aromatic heterocycles. The zero-order valence-corrected chi connectivity index (χ0v) is 41.4. The summed E-state index contributed by atoms with van der Waals surface area (Å²) in [5.41, 5.74) is 2.21. The van der Waals surface area contributed by atoms with E-state index in [0.29, 0.717) is 30.6 Å². The number of aliphatic hydroxyl groups is 6. The van der Waals surface area contributed by atoms with Gasteiger partial charge in [-0.05, 0) is 137 Å². The molecule has 4 aliphatic heterocycles. The van der Waals surface area contributed by atoms with Gasteiger partial charge in [-0.2, -0.15) is 0 Å². The van der Waals surface area contributed by atoms with Crippen LogP contribution >= 0.6 is 0 Å². The van der Waals surface area contributed by atoms with Gasteiger partial charge in [-0.1, -0.05) is 64.8 Å². The van der Waals surface area contributed by atoms with Crippen LogP contribution in [0.5, 0.6) is 0 Å². The lowest BCUT2D eigenvalue weighted by molar-refractivity contribution is -0.280. The molecule has 6 N–H and O–H groups in total. The van der Waals surface area contributed by atoms with E-state index in [1.807, 2.05) is 13.8 Å². The summed E-state index contributed by atoms with van der Waals surface area (Å²) in [6.45, 7) is 19.0. The molecular weight excluding hydrogens is 849 g/mol. The molecule has 368 valence electrons. The van der Waals surface area contributed by atoms with Gasteiger partial charge in [0.05, 0.1) is 65.5 Å². The van der Waals surface area contributed by atoms with Crippen LogP contribution in [0.1, 0.15) is 136 Å². The number of aliphatic hydroxyl groups excluding tert-OH is 5. The Bertz CT molecular complexity index is 2370. The fourth-order valence-electron chi connectivity index (χ4n) is 19.7.